The maximum absolute atomic E-state index is 10.7. The molecule has 2 heterocycles. The van der Waals surface area contributed by atoms with Crippen LogP contribution in [0.4, 0.5) is 0 Å². The molecule has 1 aromatic carbocycles. The highest BCUT2D eigenvalue weighted by Crippen LogP contribution is 2.39. The summed E-state index contributed by atoms with van der Waals surface area (Å²) in [6, 6.07) is 3.03. The molecule has 0 unspecified atom stereocenters. The predicted molar refractivity (Wildman–Crippen MR) is 80.2 cm³/mol. The van der Waals surface area contributed by atoms with E-state index in [-0.39, 0.29) is 9.76 Å². The molecule has 1 aliphatic rings. The van der Waals surface area contributed by atoms with Crippen LogP contribution in [0.3, 0.4) is 0 Å². The van der Waals surface area contributed by atoms with Crippen LogP contribution in [0, 0.1) is 0 Å². The summed E-state index contributed by atoms with van der Waals surface area (Å²) in [5, 5.41) is 31.2. The van der Waals surface area contributed by atoms with Gasteiger partial charge >= 0.3 is 0 Å². The Bertz CT molecular complexity index is 725. The van der Waals surface area contributed by atoms with Crippen LogP contribution in [-0.4, -0.2) is 43.2 Å². The van der Waals surface area contributed by atoms with Gasteiger partial charge in [-0.15, -0.1) is 0 Å². The van der Waals surface area contributed by atoms with Crippen molar-refractivity contribution >= 4 is 50.2 Å². The minimum Gasteiger partial charge on any atom is -0.387 e. The van der Waals surface area contributed by atoms with Gasteiger partial charge in [-0.1, -0.05) is 23.2 Å². The summed E-state index contributed by atoms with van der Waals surface area (Å²) >= 11 is 15.1. The van der Waals surface area contributed by atoms with Gasteiger partial charge in [-0.3, -0.25) is 4.57 Å². The van der Waals surface area contributed by atoms with Crippen molar-refractivity contribution in [1.29, 1.82) is 0 Å². The van der Waals surface area contributed by atoms with Crippen molar-refractivity contribution in [2.24, 2.45) is 0 Å². The third-order valence-electron chi connectivity index (χ3n) is 3.53. The maximum atomic E-state index is 10.7. The van der Waals surface area contributed by atoms with Crippen LogP contribution in [0.1, 0.15) is 6.92 Å². The van der Waals surface area contributed by atoms with Gasteiger partial charge < -0.3 is 20.1 Å². The third-order valence-corrected chi connectivity index (χ3v) is 4.78. The normalized spacial score (nSPS) is 33.0. The average molecular weight is 398 g/mol. The van der Waals surface area contributed by atoms with Gasteiger partial charge in [-0.2, -0.15) is 0 Å². The summed E-state index contributed by atoms with van der Waals surface area (Å²) in [5.74, 6) is -2.16. The van der Waals surface area contributed by atoms with Gasteiger partial charge in [0, 0.05) is 0 Å². The van der Waals surface area contributed by atoms with Crippen molar-refractivity contribution in [2.45, 2.75) is 31.1 Å². The third kappa shape index (κ3) is 2.19. The molecule has 3 rings (SSSR count). The predicted octanol–water partition coefficient (Wildman–Crippen LogP) is 1.85. The van der Waals surface area contributed by atoms with Crippen molar-refractivity contribution in [3.8, 4) is 0 Å². The molecule has 21 heavy (non-hydrogen) atoms. The van der Waals surface area contributed by atoms with Crippen LogP contribution in [-0.2, 0) is 10.6 Å². The lowest BCUT2D eigenvalue weighted by atomic mass is 10.1. The van der Waals surface area contributed by atoms with Crippen LogP contribution < -0.4 is 0 Å². The Balaban J connectivity index is 2.25. The van der Waals surface area contributed by atoms with Crippen LogP contribution >= 0.6 is 39.1 Å². The van der Waals surface area contributed by atoms with Crippen molar-refractivity contribution < 1.29 is 20.1 Å². The molecule has 1 aliphatic heterocycles. The Morgan fingerprint density at radius 3 is 2.52 bits per heavy atom. The number of hydrogen-bond donors (Lipinski definition) is 3. The van der Waals surface area contributed by atoms with Gasteiger partial charge in [0.25, 0.3) is 5.91 Å². The number of aromatic nitrogens is 2. The van der Waals surface area contributed by atoms with Gasteiger partial charge in [0.2, 0.25) is 0 Å². The Labute approximate surface area is 138 Å². The van der Waals surface area contributed by atoms with Gasteiger partial charge in [0.15, 0.2) is 10.8 Å². The van der Waals surface area contributed by atoms with Gasteiger partial charge in [-0.25, -0.2) is 4.98 Å². The first-order valence-electron chi connectivity index (χ1n) is 6.05. The largest absolute Gasteiger partial charge is 0.387 e. The summed E-state index contributed by atoms with van der Waals surface area (Å²) in [6.45, 7) is 1.54. The second kappa shape index (κ2) is 5.06. The Hall–Kier alpha value is -0.410. The van der Waals surface area contributed by atoms with E-state index in [1.54, 1.807) is 6.92 Å². The average Bonchev–Trinajstić information content (AvgIpc) is 2.81. The van der Waals surface area contributed by atoms with E-state index in [4.69, 9.17) is 27.9 Å². The van der Waals surface area contributed by atoms with E-state index in [0.717, 1.165) is 0 Å². The highest BCUT2D eigenvalue weighted by molar-refractivity contribution is 9.10. The quantitative estimate of drug-likeness (QED) is 0.683. The fraction of sp³-hybridized carbons (Fsp3) is 0.417. The van der Waals surface area contributed by atoms with E-state index in [0.29, 0.717) is 16.1 Å². The number of ether oxygens (including phenoxy) is 1. The summed E-state index contributed by atoms with van der Waals surface area (Å²) in [7, 11) is 0. The van der Waals surface area contributed by atoms with Gasteiger partial charge in [0.05, 0.1) is 27.2 Å². The van der Waals surface area contributed by atoms with Crippen LogP contribution in [0.2, 0.25) is 10.0 Å². The van der Waals surface area contributed by atoms with Crippen molar-refractivity contribution in [3.05, 3.63) is 26.9 Å². The van der Waals surface area contributed by atoms with Crippen molar-refractivity contribution in [1.82, 2.24) is 9.55 Å². The lowest BCUT2D eigenvalue weighted by Gasteiger charge is -2.28. The zero-order valence-electron chi connectivity index (χ0n) is 10.7. The molecule has 2 aromatic rings. The number of nitrogens with zero attached hydrogens (tertiary/aromatic N) is 2. The van der Waals surface area contributed by atoms with Crippen LogP contribution in [0.15, 0.2) is 16.9 Å². The molecule has 4 atom stereocenters. The van der Waals surface area contributed by atoms with Gasteiger partial charge in [-0.05, 0) is 35.0 Å². The van der Waals surface area contributed by atoms with E-state index >= 15 is 0 Å². The van der Waals surface area contributed by atoms with Gasteiger partial charge in [0.1, 0.15) is 6.10 Å². The Morgan fingerprint density at radius 1 is 1.33 bits per heavy atom. The second-order valence-electron chi connectivity index (χ2n) is 4.89. The summed E-state index contributed by atoms with van der Waals surface area (Å²) in [4.78, 5) is 4.19. The number of fused-ring (bicyclic) bond motifs is 1. The number of imidazole rings is 1. The zero-order valence-corrected chi connectivity index (χ0v) is 13.8. The number of benzene rings is 1. The first-order chi connectivity index (χ1) is 9.75. The fourth-order valence-corrected chi connectivity index (χ4v) is 3.38. The van der Waals surface area contributed by atoms with Crippen LogP contribution in [0.25, 0.3) is 11.0 Å². The molecule has 0 bridgehead atoms. The number of hydrogen-bond acceptors (Lipinski definition) is 5. The van der Waals surface area contributed by atoms with E-state index in [1.165, 1.54) is 16.7 Å². The zero-order chi connectivity index (χ0) is 15.5. The van der Waals surface area contributed by atoms with E-state index in [2.05, 4.69) is 20.9 Å². The molecule has 9 heteroatoms. The number of rotatable bonds is 1. The van der Waals surface area contributed by atoms with Crippen molar-refractivity contribution in [3.63, 3.8) is 0 Å². The molecule has 1 aromatic heterocycles. The summed E-state index contributed by atoms with van der Waals surface area (Å²) in [5.41, 5.74) is 0.855. The fourth-order valence-electron chi connectivity index (χ4n) is 2.43. The summed E-state index contributed by atoms with van der Waals surface area (Å²) in [6.07, 6.45) is -3.53. The molecule has 1 fully saturated rings. The monoisotopic (exact) mass is 396 g/mol. The minimum absolute atomic E-state index is 0.207. The van der Waals surface area contributed by atoms with E-state index in [9.17, 15) is 15.3 Å². The molecular weight excluding hydrogens is 387 g/mol. The molecule has 0 amide bonds. The molecule has 114 valence electrons. The first-order valence-corrected chi connectivity index (χ1v) is 7.60. The SMILES string of the molecule is C[C@H]1O[C@](O)(n2c(Br)nc3cc(Cl)c(Cl)cc32)[C@H](O)[C@@H]1O. The lowest BCUT2D eigenvalue weighted by molar-refractivity contribution is -0.284. The molecule has 0 saturated carbocycles. The maximum Gasteiger partial charge on any atom is 0.285 e. The molecule has 1 saturated heterocycles. The molecule has 0 spiro atoms. The lowest BCUT2D eigenvalue weighted by Crippen LogP contribution is -2.45. The van der Waals surface area contributed by atoms with Crippen molar-refractivity contribution in [2.75, 3.05) is 0 Å². The topological polar surface area (TPSA) is 87.7 Å². The smallest absolute Gasteiger partial charge is 0.285 e. The molecule has 6 nitrogen and oxygen atoms in total. The standard InChI is InChI=1S/C12H11BrCl2N2O4/c1-4-9(18)10(19)12(20,21-4)17-8-3-6(15)5(14)2-7(8)16-11(17)13/h2-4,9-10,18-20H,1H3/t4-,9-,10-,12+/m1/s1. The first kappa shape index (κ1) is 15.5. The molecule has 0 aliphatic carbocycles. The number of aliphatic hydroxyl groups is 3. The second-order valence-corrected chi connectivity index (χ2v) is 6.41. The molecule has 3 N–H and O–H groups in total. The minimum atomic E-state index is -2.16. The summed E-state index contributed by atoms with van der Waals surface area (Å²) < 4.78 is 6.78. The number of halogens is 3. The molecular formula is C12H11BrCl2N2O4. The van der Waals surface area contributed by atoms with Crippen LogP contribution in [0.5, 0.6) is 0 Å². The molecule has 0 radical (unpaired) electrons. The Morgan fingerprint density at radius 2 is 1.95 bits per heavy atom. The highest BCUT2D eigenvalue weighted by Gasteiger charge is 2.54. The van der Waals surface area contributed by atoms with E-state index in [1.807, 2.05) is 0 Å². The Kier molecular flexibility index (Phi) is 3.73. The number of aliphatic hydroxyl groups excluding tert-OH is 2. The highest BCUT2D eigenvalue weighted by atomic mass is 79.9. The van der Waals surface area contributed by atoms with E-state index < -0.39 is 24.2 Å².